The van der Waals surface area contributed by atoms with E-state index < -0.39 is 0 Å². The first-order chi connectivity index (χ1) is 10.3. The lowest BCUT2D eigenvalue weighted by atomic mass is 10.2. The second-order valence-electron chi connectivity index (χ2n) is 5.37. The number of hydrogen-bond acceptors (Lipinski definition) is 5. The zero-order chi connectivity index (χ0) is 16.4. The summed E-state index contributed by atoms with van der Waals surface area (Å²) in [6.07, 6.45) is 0. The first kappa shape index (κ1) is 16.4. The topological polar surface area (TPSA) is 76.9 Å². The Labute approximate surface area is 133 Å². The zero-order valence-corrected chi connectivity index (χ0v) is 14.2. The molecule has 0 fully saturated rings. The van der Waals surface area contributed by atoms with E-state index in [1.807, 2.05) is 34.6 Å². The number of nitrogens with zero attached hydrogens (tertiary/aromatic N) is 3. The van der Waals surface area contributed by atoms with Crippen molar-refractivity contribution < 1.29 is 4.79 Å². The van der Waals surface area contributed by atoms with Gasteiger partial charge in [0.2, 0.25) is 5.91 Å². The van der Waals surface area contributed by atoms with Crippen molar-refractivity contribution in [2.75, 3.05) is 0 Å². The maximum absolute atomic E-state index is 12.1. The van der Waals surface area contributed by atoms with Crippen LogP contribution < -0.4 is 10.9 Å². The summed E-state index contributed by atoms with van der Waals surface area (Å²) in [6, 6.07) is 1.30. The van der Waals surface area contributed by atoms with E-state index in [1.165, 1.54) is 10.7 Å². The van der Waals surface area contributed by atoms with Gasteiger partial charge < -0.3 is 5.32 Å². The monoisotopic (exact) mass is 320 g/mol. The average molecular weight is 320 g/mol. The van der Waals surface area contributed by atoms with Gasteiger partial charge in [0.15, 0.2) is 0 Å². The minimum absolute atomic E-state index is 0.0908. The van der Waals surface area contributed by atoms with Crippen LogP contribution in [0.15, 0.2) is 10.9 Å². The molecule has 2 aromatic heterocycles. The van der Waals surface area contributed by atoms with E-state index >= 15 is 0 Å². The van der Waals surface area contributed by atoms with Crippen molar-refractivity contribution in [1.29, 1.82) is 0 Å². The molecule has 0 radical (unpaired) electrons. The van der Waals surface area contributed by atoms with Gasteiger partial charge >= 0.3 is 0 Å². The summed E-state index contributed by atoms with van der Waals surface area (Å²) in [7, 11) is 0. The summed E-state index contributed by atoms with van der Waals surface area (Å²) >= 11 is 1.60. The number of carbonyl (C=O) groups excluding carboxylic acids is 1. The predicted molar refractivity (Wildman–Crippen MR) is 86.1 cm³/mol. The number of nitrogens with one attached hydrogen (secondary N) is 1. The molecular formula is C15H20N4O2S. The van der Waals surface area contributed by atoms with E-state index in [1.54, 1.807) is 11.3 Å². The third-order valence-corrected chi connectivity index (χ3v) is 4.36. The van der Waals surface area contributed by atoms with Crippen LogP contribution in [-0.2, 0) is 11.3 Å². The minimum Gasteiger partial charge on any atom is -0.346 e. The van der Waals surface area contributed by atoms with Crippen LogP contribution >= 0.6 is 11.3 Å². The van der Waals surface area contributed by atoms with Gasteiger partial charge in [0.25, 0.3) is 5.56 Å². The Morgan fingerprint density at radius 1 is 1.36 bits per heavy atom. The number of aryl methyl sites for hydroxylation is 4. The van der Waals surface area contributed by atoms with E-state index in [0.29, 0.717) is 0 Å². The molecule has 0 bridgehead atoms. The molecule has 2 rings (SSSR count). The van der Waals surface area contributed by atoms with Crippen LogP contribution in [0.25, 0.3) is 0 Å². The van der Waals surface area contributed by atoms with Gasteiger partial charge in [-0.3, -0.25) is 9.59 Å². The highest BCUT2D eigenvalue weighted by atomic mass is 32.1. The van der Waals surface area contributed by atoms with E-state index in [-0.39, 0.29) is 24.1 Å². The third-order valence-electron chi connectivity index (χ3n) is 3.46. The molecule has 2 heterocycles. The number of hydrogen-bond donors (Lipinski definition) is 1. The zero-order valence-electron chi connectivity index (χ0n) is 13.4. The first-order valence-electron chi connectivity index (χ1n) is 7.06. The number of thiazole rings is 1. The van der Waals surface area contributed by atoms with Gasteiger partial charge in [-0.25, -0.2) is 9.67 Å². The molecule has 1 amide bonds. The molecule has 0 saturated heterocycles. The van der Waals surface area contributed by atoms with Crippen LogP contribution in [0.1, 0.15) is 39.8 Å². The smallest absolute Gasteiger partial charge is 0.267 e. The molecule has 118 valence electrons. The Morgan fingerprint density at radius 2 is 2.05 bits per heavy atom. The number of rotatable bonds is 4. The lowest BCUT2D eigenvalue weighted by Crippen LogP contribution is -2.35. The van der Waals surface area contributed by atoms with Crippen LogP contribution in [0.4, 0.5) is 0 Å². The summed E-state index contributed by atoms with van der Waals surface area (Å²) in [5.74, 6) is -0.254. The summed E-state index contributed by atoms with van der Waals surface area (Å²) in [5.41, 5.74) is 2.16. The first-order valence-corrected chi connectivity index (χ1v) is 7.88. The Kier molecular flexibility index (Phi) is 4.75. The van der Waals surface area contributed by atoms with Gasteiger partial charge in [0, 0.05) is 10.9 Å². The second kappa shape index (κ2) is 6.39. The van der Waals surface area contributed by atoms with Crippen molar-refractivity contribution in [3.63, 3.8) is 0 Å². The maximum atomic E-state index is 12.1. The van der Waals surface area contributed by atoms with E-state index in [9.17, 15) is 9.59 Å². The fourth-order valence-corrected chi connectivity index (χ4v) is 3.14. The van der Waals surface area contributed by atoms with Gasteiger partial charge in [-0.1, -0.05) is 0 Å². The molecule has 22 heavy (non-hydrogen) atoms. The Morgan fingerprint density at radius 3 is 2.64 bits per heavy atom. The van der Waals surface area contributed by atoms with Crippen molar-refractivity contribution in [2.24, 2.45) is 0 Å². The lowest BCUT2D eigenvalue weighted by molar-refractivity contribution is -0.122. The van der Waals surface area contributed by atoms with Crippen LogP contribution in [0.5, 0.6) is 0 Å². The highest BCUT2D eigenvalue weighted by molar-refractivity contribution is 7.11. The van der Waals surface area contributed by atoms with Crippen molar-refractivity contribution >= 4 is 17.2 Å². The minimum atomic E-state index is -0.272. The van der Waals surface area contributed by atoms with E-state index in [4.69, 9.17) is 0 Å². The molecule has 0 aliphatic carbocycles. The molecule has 1 N–H and O–H groups in total. The molecule has 0 saturated carbocycles. The van der Waals surface area contributed by atoms with Gasteiger partial charge in [-0.2, -0.15) is 5.10 Å². The molecule has 1 atom stereocenters. The number of carbonyl (C=O) groups is 1. The van der Waals surface area contributed by atoms with Crippen LogP contribution in [-0.4, -0.2) is 20.7 Å². The Hall–Kier alpha value is -2.02. The van der Waals surface area contributed by atoms with Crippen LogP contribution in [0.3, 0.4) is 0 Å². The van der Waals surface area contributed by atoms with Gasteiger partial charge in [-0.05, 0) is 40.2 Å². The summed E-state index contributed by atoms with van der Waals surface area (Å²) in [6.45, 7) is 9.35. The average Bonchev–Trinajstić information content (AvgIpc) is 2.75. The lowest BCUT2D eigenvalue weighted by Gasteiger charge is -2.13. The number of amides is 1. The molecule has 6 nitrogen and oxygen atoms in total. The van der Waals surface area contributed by atoms with Crippen molar-refractivity contribution in [2.45, 2.75) is 47.2 Å². The summed E-state index contributed by atoms with van der Waals surface area (Å²) in [4.78, 5) is 29.5. The summed E-state index contributed by atoms with van der Waals surface area (Å²) < 4.78 is 1.18. The second-order valence-corrected chi connectivity index (χ2v) is 6.78. The largest absolute Gasteiger partial charge is 0.346 e. The van der Waals surface area contributed by atoms with Crippen molar-refractivity contribution in [1.82, 2.24) is 20.1 Å². The molecular weight excluding hydrogens is 300 g/mol. The molecule has 0 aliphatic heterocycles. The molecule has 0 unspecified atom stereocenters. The van der Waals surface area contributed by atoms with Crippen LogP contribution in [0, 0.1) is 27.7 Å². The SMILES string of the molecule is Cc1nc([C@H](C)NC(=O)Cn2nc(C)c(C)cc2=O)c(C)s1. The standard InChI is InChI=1S/C15H20N4O2S/c1-8-6-14(21)19(18-9(8)2)7-13(20)16-10(3)15-11(4)22-12(5)17-15/h6,10H,7H2,1-5H3,(H,16,20)/t10-/m0/s1. The molecule has 0 spiro atoms. The highest BCUT2D eigenvalue weighted by Gasteiger charge is 2.16. The summed E-state index contributed by atoms with van der Waals surface area (Å²) in [5, 5.41) is 7.98. The molecule has 2 aromatic rings. The van der Waals surface area contributed by atoms with Gasteiger partial charge in [0.1, 0.15) is 6.54 Å². The highest BCUT2D eigenvalue weighted by Crippen LogP contribution is 2.22. The van der Waals surface area contributed by atoms with E-state index in [0.717, 1.165) is 26.8 Å². The quantitative estimate of drug-likeness (QED) is 0.932. The van der Waals surface area contributed by atoms with Gasteiger partial charge in [-0.15, -0.1) is 11.3 Å². The molecule has 7 heteroatoms. The molecule has 0 aliphatic rings. The fourth-order valence-electron chi connectivity index (χ4n) is 2.22. The fraction of sp³-hybridized carbons (Fsp3) is 0.467. The van der Waals surface area contributed by atoms with Crippen molar-refractivity contribution in [3.8, 4) is 0 Å². The van der Waals surface area contributed by atoms with E-state index in [2.05, 4.69) is 15.4 Å². The normalized spacial score (nSPS) is 12.2. The Balaban J connectivity index is 2.09. The molecule has 0 aromatic carbocycles. The third kappa shape index (κ3) is 3.59. The number of aromatic nitrogens is 3. The van der Waals surface area contributed by atoms with Crippen LogP contribution in [0.2, 0.25) is 0 Å². The van der Waals surface area contributed by atoms with Gasteiger partial charge in [0.05, 0.1) is 22.4 Å². The van der Waals surface area contributed by atoms with Crippen molar-refractivity contribution in [3.05, 3.63) is 43.3 Å². The Bertz CT molecular complexity index is 763. The predicted octanol–water partition coefficient (Wildman–Crippen LogP) is 1.81. The maximum Gasteiger partial charge on any atom is 0.267 e.